The predicted molar refractivity (Wildman–Crippen MR) is 264 cm³/mol. The van der Waals surface area contributed by atoms with E-state index in [4.69, 9.17) is 19.8 Å². The molecule has 11 rings (SSSR count). The number of rotatable bonds is 8. The molecular formula is C57H42N6O2. The van der Waals surface area contributed by atoms with Gasteiger partial charge in [-0.15, -0.1) is 0 Å². The summed E-state index contributed by atoms with van der Waals surface area (Å²) in [5.41, 5.74) is 18.1. The molecule has 9 aromatic rings. The molecule has 6 heterocycles. The number of hydrogen-bond donors (Lipinski definition) is 2. The minimum absolute atomic E-state index is 0.204. The number of aromatic nitrogens is 6. The van der Waals surface area contributed by atoms with Crippen molar-refractivity contribution in [2.24, 2.45) is 0 Å². The third-order valence-corrected chi connectivity index (χ3v) is 11.9. The summed E-state index contributed by atoms with van der Waals surface area (Å²) < 4.78 is 7.38. The van der Waals surface area contributed by atoms with Gasteiger partial charge < -0.3 is 14.7 Å². The van der Waals surface area contributed by atoms with Gasteiger partial charge in [0.15, 0.2) is 5.69 Å². The number of fused-ring (bicyclic) bond motifs is 8. The Balaban J connectivity index is 1.36. The Morgan fingerprint density at radius 2 is 0.969 bits per heavy atom. The van der Waals surface area contributed by atoms with Crippen LogP contribution in [-0.4, -0.2) is 42.3 Å². The van der Waals surface area contributed by atoms with Crippen molar-refractivity contribution in [1.29, 1.82) is 0 Å². The van der Waals surface area contributed by atoms with Crippen LogP contribution in [0.1, 0.15) is 45.8 Å². The largest absolute Gasteiger partial charge is 0.461 e. The second kappa shape index (κ2) is 16.6. The van der Waals surface area contributed by atoms with Crippen molar-refractivity contribution in [3.05, 3.63) is 204 Å². The van der Waals surface area contributed by atoms with E-state index >= 15 is 0 Å². The van der Waals surface area contributed by atoms with Crippen molar-refractivity contribution < 1.29 is 9.53 Å². The van der Waals surface area contributed by atoms with Gasteiger partial charge >= 0.3 is 5.97 Å². The van der Waals surface area contributed by atoms with E-state index in [2.05, 4.69) is 132 Å². The SMILES string of the molecule is CCOC(=O)c1cc(-c2cc3[nH]c2c(-c2ccccc2)c2nc(c(-c4ccccc4)c4ccc([nH]4)c(-c4ccccc4)c4nc(c3-c3ccccc3)C=C4)C=C2)n(-c2ccc(C)cc2)n1. The van der Waals surface area contributed by atoms with Gasteiger partial charge in [0.1, 0.15) is 0 Å². The minimum atomic E-state index is -0.496. The van der Waals surface area contributed by atoms with Crippen LogP contribution in [0.3, 0.4) is 0 Å². The Morgan fingerprint density at radius 3 is 1.45 bits per heavy atom. The van der Waals surface area contributed by atoms with E-state index in [1.807, 2.05) is 83.5 Å². The molecule has 8 heteroatoms. The molecule has 5 aromatic carbocycles. The number of benzene rings is 5. The maximum absolute atomic E-state index is 13.6. The lowest BCUT2D eigenvalue weighted by molar-refractivity contribution is 0.0519. The first-order valence-electron chi connectivity index (χ1n) is 21.8. The molecule has 0 unspecified atom stereocenters. The van der Waals surface area contributed by atoms with Crippen LogP contribution in [0.5, 0.6) is 0 Å². The Hall–Kier alpha value is -8.62. The van der Waals surface area contributed by atoms with E-state index in [0.29, 0.717) is 5.69 Å². The van der Waals surface area contributed by atoms with Crippen LogP contribution in [0.25, 0.3) is 108 Å². The average Bonchev–Trinajstić information content (AvgIpc) is 4.22. The molecular weight excluding hydrogens is 801 g/mol. The second-order valence-corrected chi connectivity index (χ2v) is 16.0. The van der Waals surface area contributed by atoms with Crippen LogP contribution in [0.15, 0.2) is 170 Å². The van der Waals surface area contributed by atoms with E-state index in [9.17, 15) is 4.79 Å². The maximum Gasteiger partial charge on any atom is 0.358 e. The number of aromatic amines is 2. The molecule has 2 N–H and O–H groups in total. The van der Waals surface area contributed by atoms with Crippen molar-refractivity contribution in [2.75, 3.05) is 6.61 Å². The predicted octanol–water partition coefficient (Wildman–Crippen LogP) is 13.7. The molecule has 0 atom stereocenters. The minimum Gasteiger partial charge on any atom is -0.461 e. The van der Waals surface area contributed by atoms with Crippen LogP contribution in [0, 0.1) is 6.92 Å². The smallest absolute Gasteiger partial charge is 0.358 e. The van der Waals surface area contributed by atoms with Gasteiger partial charge in [0, 0.05) is 44.4 Å². The summed E-state index contributed by atoms with van der Waals surface area (Å²) in [7, 11) is 0. The Bertz CT molecular complexity index is 3490. The van der Waals surface area contributed by atoms with E-state index in [1.54, 1.807) is 6.92 Å². The van der Waals surface area contributed by atoms with Crippen LogP contribution < -0.4 is 0 Å². The standard InChI is InChI=1S/C57H42N6O2/c1-3-65-57(64)50-35-51(63(62-50)41-26-24-36(2)25-27-41)42-34-49-54(39-20-12-6-13-21-39)47-31-30-45(59-47)52(37-16-8-4-9-17-37)43-28-29-44(58-43)53(38-18-10-5-11-19-38)46-32-33-48(60-46)55(56(42)61-49)40-22-14-7-15-23-40/h4-35,58,61H,3H2,1-2H3. The lowest BCUT2D eigenvalue weighted by atomic mass is 10.00. The molecule has 8 bridgehead atoms. The second-order valence-electron chi connectivity index (χ2n) is 16.0. The van der Waals surface area contributed by atoms with Crippen LogP contribution in [-0.2, 0) is 4.74 Å². The highest BCUT2D eigenvalue weighted by Gasteiger charge is 2.25. The van der Waals surface area contributed by atoms with Crippen molar-refractivity contribution in [2.45, 2.75) is 13.8 Å². The molecule has 0 spiro atoms. The van der Waals surface area contributed by atoms with E-state index in [1.165, 1.54) is 0 Å². The fourth-order valence-electron chi connectivity index (χ4n) is 8.88. The van der Waals surface area contributed by atoms with Crippen molar-refractivity contribution >= 4 is 52.3 Å². The molecule has 4 aromatic heterocycles. The summed E-state index contributed by atoms with van der Waals surface area (Å²) in [5, 5.41) is 4.93. The molecule has 2 aliphatic heterocycles. The zero-order valence-corrected chi connectivity index (χ0v) is 35.8. The van der Waals surface area contributed by atoms with Crippen molar-refractivity contribution in [3.63, 3.8) is 0 Å². The normalized spacial score (nSPS) is 11.8. The summed E-state index contributed by atoms with van der Waals surface area (Å²) in [5.74, 6) is -0.496. The summed E-state index contributed by atoms with van der Waals surface area (Å²) >= 11 is 0. The highest BCUT2D eigenvalue weighted by atomic mass is 16.5. The Kier molecular flexibility index (Phi) is 10.0. The first-order chi connectivity index (χ1) is 32.0. The number of nitrogens with one attached hydrogen (secondary N) is 2. The quantitative estimate of drug-likeness (QED) is 0.148. The summed E-state index contributed by atoms with van der Waals surface area (Å²) in [6.07, 6.45) is 8.41. The van der Waals surface area contributed by atoms with Crippen molar-refractivity contribution in [1.82, 2.24) is 29.7 Å². The van der Waals surface area contributed by atoms with Gasteiger partial charge in [-0.25, -0.2) is 19.4 Å². The first kappa shape index (κ1) is 39.2. The average molecular weight is 843 g/mol. The van der Waals surface area contributed by atoms with Gasteiger partial charge in [0.2, 0.25) is 0 Å². The molecule has 0 fully saturated rings. The van der Waals surface area contributed by atoms with E-state index < -0.39 is 5.97 Å². The number of carbonyl (C=O) groups excluding carboxylic acids is 1. The number of H-pyrrole nitrogens is 2. The highest BCUT2D eigenvalue weighted by molar-refractivity contribution is 6.04. The summed E-state index contributed by atoms with van der Waals surface area (Å²) in [4.78, 5) is 32.4. The molecule has 2 aliphatic rings. The lowest BCUT2D eigenvalue weighted by Gasteiger charge is -2.10. The van der Waals surface area contributed by atoms with E-state index in [-0.39, 0.29) is 12.3 Å². The monoisotopic (exact) mass is 842 g/mol. The fourth-order valence-corrected chi connectivity index (χ4v) is 8.88. The summed E-state index contributed by atoms with van der Waals surface area (Å²) in [6.45, 7) is 4.08. The zero-order chi connectivity index (χ0) is 43.9. The first-order valence-corrected chi connectivity index (χ1v) is 21.8. The third-order valence-electron chi connectivity index (χ3n) is 11.9. The fraction of sp³-hybridized carbons (Fsp3) is 0.0526. The number of esters is 1. The number of ether oxygens (including phenoxy) is 1. The van der Waals surface area contributed by atoms with Gasteiger partial charge in [0.05, 0.1) is 46.3 Å². The molecule has 0 saturated carbocycles. The summed E-state index contributed by atoms with van der Waals surface area (Å²) in [6, 6.07) is 57.9. The number of aryl methyl sites for hydroxylation is 1. The Labute approximate surface area is 375 Å². The zero-order valence-electron chi connectivity index (χ0n) is 35.8. The maximum atomic E-state index is 13.6. The van der Waals surface area contributed by atoms with E-state index in [0.717, 1.165) is 106 Å². The number of carbonyl (C=O) groups is 1. The number of hydrogen-bond acceptors (Lipinski definition) is 5. The van der Waals surface area contributed by atoms with Crippen molar-refractivity contribution in [3.8, 4) is 61.5 Å². The van der Waals surface area contributed by atoms with Gasteiger partial charge in [-0.3, -0.25) is 0 Å². The van der Waals surface area contributed by atoms with Gasteiger partial charge in [-0.1, -0.05) is 139 Å². The van der Waals surface area contributed by atoms with Gasteiger partial charge in [-0.05, 0) is 96.8 Å². The molecule has 0 amide bonds. The molecule has 312 valence electrons. The van der Waals surface area contributed by atoms with Gasteiger partial charge in [-0.2, -0.15) is 5.10 Å². The number of nitrogens with zero attached hydrogens (tertiary/aromatic N) is 4. The molecule has 0 saturated heterocycles. The molecule has 8 nitrogen and oxygen atoms in total. The molecule has 0 radical (unpaired) electrons. The molecule has 0 aliphatic carbocycles. The third kappa shape index (κ3) is 7.26. The van der Waals surface area contributed by atoms with Crippen LogP contribution in [0.2, 0.25) is 0 Å². The highest BCUT2D eigenvalue weighted by Crippen LogP contribution is 2.42. The van der Waals surface area contributed by atoms with Crippen LogP contribution in [0.4, 0.5) is 0 Å². The Morgan fingerprint density at radius 1 is 0.523 bits per heavy atom. The van der Waals surface area contributed by atoms with Crippen LogP contribution >= 0.6 is 0 Å². The van der Waals surface area contributed by atoms with Gasteiger partial charge in [0.25, 0.3) is 0 Å². The topological polar surface area (TPSA) is 101 Å². The lowest BCUT2D eigenvalue weighted by Crippen LogP contribution is -2.06. The molecule has 65 heavy (non-hydrogen) atoms.